The van der Waals surface area contributed by atoms with Crippen molar-refractivity contribution in [2.75, 3.05) is 0 Å². The van der Waals surface area contributed by atoms with Crippen molar-refractivity contribution in [2.45, 2.75) is 46.8 Å². The molecule has 0 amide bonds. The van der Waals surface area contributed by atoms with E-state index in [0.717, 1.165) is 6.42 Å². The van der Waals surface area contributed by atoms with Crippen molar-refractivity contribution in [2.24, 2.45) is 5.92 Å². The zero-order valence-corrected chi connectivity index (χ0v) is 15.8. The highest BCUT2D eigenvalue weighted by atomic mass is 16.5. The molecule has 3 aromatic rings. The number of carbonyl (C=O) groups excluding carboxylic acids is 1. The number of hydrogen-bond donors (Lipinski definition) is 0. The lowest BCUT2D eigenvalue weighted by Gasteiger charge is -2.08. The van der Waals surface area contributed by atoms with Crippen molar-refractivity contribution in [3.05, 3.63) is 41.5 Å². The molecule has 0 aliphatic carbocycles. The van der Waals surface area contributed by atoms with Gasteiger partial charge in [0.25, 0.3) is 0 Å². The summed E-state index contributed by atoms with van der Waals surface area (Å²) in [5.74, 6) is 1.54. The molecule has 0 spiro atoms. The largest absolute Gasteiger partial charge is 0.459 e. The molecular formula is C18H22N6O3. The Morgan fingerprint density at radius 1 is 1.26 bits per heavy atom. The molecular weight excluding hydrogens is 348 g/mol. The maximum Gasteiger partial charge on any atom is 0.338 e. The Morgan fingerprint density at radius 3 is 2.81 bits per heavy atom. The summed E-state index contributed by atoms with van der Waals surface area (Å²) >= 11 is 0. The number of rotatable bonds is 7. The van der Waals surface area contributed by atoms with Gasteiger partial charge in [0, 0.05) is 12.0 Å². The van der Waals surface area contributed by atoms with Crippen LogP contribution in [-0.4, -0.2) is 42.4 Å². The molecule has 0 bridgehead atoms. The second-order valence-electron chi connectivity index (χ2n) is 6.88. The van der Waals surface area contributed by atoms with Gasteiger partial charge in [-0.05, 0) is 37.1 Å². The Bertz CT molecular complexity index is 915. The number of esters is 1. The van der Waals surface area contributed by atoms with E-state index in [1.807, 2.05) is 0 Å². The molecule has 3 rings (SSSR count). The molecule has 0 aliphatic heterocycles. The summed E-state index contributed by atoms with van der Waals surface area (Å²) < 4.78 is 10.4. The SMILES string of the molecule is CC(C)Cc1noc(Cn2nnc(-c3cccc(C(=O)OC(C)C)c3)n2)n1. The topological polar surface area (TPSA) is 109 Å². The first-order chi connectivity index (χ1) is 12.9. The van der Waals surface area contributed by atoms with Crippen LogP contribution in [0.4, 0.5) is 0 Å². The van der Waals surface area contributed by atoms with Crippen molar-refractivity contribution in [3.8, 4) is 11.4 Å². The summed E-state index contributed by atoms with van der Waals surface area (Å²) in [5, 5.41) is 16.3. The zero-order chi connectivity index (χ0) is 19.4. The van der Waals surface area contributed by atoms with Gasteiger partial charge in [-0.15, -0.1) is 10.2 Å². The normalized spacial score (nSPS) is 11.3. The van der Waals surface area contributed by atoms with E-state index in [4.69, 9.17) is 9.26 Å². The predicted octanol–water partition coefficient (Wildman–Crippen LogP) is 2.54. The number of benzene rings is 1. The molecule has 2 aromatic heterocycles. The third-order valence-electron chi connectivity index (χ3n) is 3.53. The summed E-state index contributed by atoms with van der Waals surface area (Å²) in [4.78, 5) is 17.8. The van der Waals surface area contributed by atoms with E-state index >= 15 is 0 Å². The van der Waals surface area contributed by atoms with Crippen molar-refractivity contribution in [1.82, 2.24) is 30.3 Å². The predicted molar refractivity (Wildman–Crippen MR) is 95.7 cm³/mol. The Labute approximate surface area is 156 Å². The number of hydrogen-bond acceptors (Lipinski definition) is 8. The number of nitrogens with zero attached hydrogens (tertiary/aromatic N) is 6. The van der Waals surface area contributed by atoms with E-state index in [2.05, 4.69) is 39.4 Å². The Kier molecular flexibility index (Phi) is 5.58. The fourth-order valence-corrected chi connectivity index (χ4v) is 2.42. The second kappa shape index (κ2) is 8.07. The minimum atomic E-state index is -0.386. The molecule has 0 unspecified atom stereocenters. The van der Waals surface area contributed by atoms with Crippen LogP contribution >= 0.6 is 0 Å². The van der Waals surface area contributed by atoms with Crippen molar-refractivity contribution in [3.63, 3.8) is 0 Å². The number of aromatic nitrogens is 6. The number of ether oxygens (including phenoxy) is 1. The third kappa shape index (κ3) is 4.96. The molecule has 0 saturated carbocycles. The highest BCUT2D eigenvalue weighted by molar-refractivity contribution is 5.90. The summed E-state index contributed by atoms with van der Waals surface area (Å²) in [6.07, 6.45) is 0.564. The van der Waals surface area contributed by atoms with Crippen LogP contribution in [0.15, 0.2) is 28.8 Å². The van der Waals surface area contributed by atoms with Crippen molar-refractivity contribution < 1.29 is 14.1 Å². The van der Waals surface area contributed by atoms with Gasteiger partial charge in [-0.3, -0.25) is 0 Å². The average Bonchev–Trinajstić information content (AvgIpc) is 3.24. The first-order valence-corrected chi connectivity index (χ1v) is 8.81. The highest BCUT2D eigenvalue weighted by Crippen LogP contribution is 2.17. The molecule has 1 aromatic carbocycles. The summed E-state index contributed by atoms with van der Waals surface area (Å²) in [6.45, 7) is 8.02. The maximum atomic E-state index is 12.1. The van der Waals surface area contributed by atoms with Crippen LogP contribution in [0.25, 0.3) is 11.4 Å². The molecule has 2 heterocycles. The van der Waals surface area contributed by atoms with Crippen LogP contribution in [0, 0.1) is 5.92 Å². The number of tetrazole rings is 1. The summed E-state index contributed by atoms with van der Waals surface area (Å²) in [5.41, 5.74) is 1.11. The van der Waals surface area contributed by atoms with Crippen LogP contribution in [0.1, 0.15) is 49.8 Å². The van der Waals surface area contributed by atoms with Crippen LogP contribution in [0.5, 0.6) is 0 Å². The monoisotopic (exact) mass is 370 g/mol. The molecule has 27 heavy (non-hydrogen) atoms. The average molecular weight is 370 g/mol. The van der Waals surface area contributed by atoms with Crippen molar-refractivity contribution in [1.29, 1.82) is 0 Å². The zero-order valence-electron chi connectivity index (χ0n) is 15.8. The van der Waals surface area contributed by atoms with Crippen LogP contribution in [0.3, 0.4) is 0 Å². The molecule has 0 radical (unpaired) electrons. The highest BCUT2D eigenvalue weighted by Gasteiger charge is 2.14. The van der Waals surface area contributed by atoms with E-state index in [1.165, 1.54) is 4.80 Å². The third-order valence-corrected chi connectivity index (χ3v) is 3.53. The van der Waals surface area contributed by atoms with E-state index < -0.39 is 0 Å². The lowest BCUT2D eigenvalue weighted by Crippen LogP contribution is -2.11. The van der Waals surface area contributed by atoms with E-state index in [0.29, 0.717) is 34.6 Å². The van der Waals surface area contributed by atoms with Crippen LogP contribution in [-0.2, 0) is 17.7 Å². The fraction of sp³-hybridized carbons (Fsp3) is 0.444. The maximum absolute atomic E-state index is 12.1. The molecule has 9 heteroatoms. The molecule has 9 nitrogen and oxygen atoms in total. The number of carbonyl (C=O) groups is 1. The minimum absolute atomic E-state index is 0.185. The molecule has 142 valence electrons. The summed E-state index contributed by atoms with van der Waals surface area (Å²) in [7, 11) is 0. The molecule has 0 saturated heterocycles. The van der Waals surface area contributed by atoms with Crippen LogP contribution in [0.2, 0.25) is 0 Å². The Hall–Kier alpha value is -3.10. The van der Waals surface area contributed by atoms with E-state index in [9.17, 15) is 4.79 Å². The fourth-order valence-electron chi connectivity index (χ4n) is 2.42. The Morgan fingerprint density at radius 2 is 2.07 bits per heavy atom. The van der Waals surface area contributed by atoms with Gasteiger partial charge in [-0.1, -0.05) is 31.1 Å². The lowest BCUT2D eigenvalue weighted by molar-refractivity contribution is 0.0378. The van der Waals surface area contributed by atoms with E-state index in [1.54, 1.807) is 38.1 Å². The van der Waals surface area contributed by atoms with Gasteiger partial charge in [-0.2, -0.15) is 9.78 Å². The molecule has 0 fully saturated rings. The van der Waals surface area contributed by atoms with Gasteiger partial charge in [0.1, 0.15) is 6.54 Å². The first kappa shape index (κ1) is 18.7. The van der Waals surface area contributed by atoms with E-state index in [-0.39, 0.29) is 18.6 Å². The van der Waals surface area contributed by atoms with Crippen molar-refractivity contribution >= 4 is 5.97 Å². The second-order valence-corrected chi connectivity index (χ2v) is 6.88. The first-order valence-electron chi connectivity index (χ1n) is 8.81. The van der Waals surface area contributed by atoms with Gasteiger partial charge in [0.15, 0.2) is 5.82 Å². The summed E-state index contributed by atoms with van der Waals surface area (Å²) in [6, 6.07) is 6.93. The molecule has 0 atom stereocenters. The van der Waals surface area contributed by atoms with Gasteiger partial charge >= 0.3 is 5.97 Å². The Balaban J connectivity index is 1.72. The molecule has 0 aliphatic rings. The van der Waals surface area contributed by atoms with Gasteiger partial charge < -0.3 is 9.26 Å². The smallest absolute Gasteiger partial charge is 0.338 e. The lowest BCUT2D eigenvalue weighted by atomic mass is 10.1. The quantitative estimate of drug-likeness (QED) is 0.584. The van der Waals surface area contributed by atoms with Gasteiger partial charge in [0.05, 0.1) is 11.7 Å². The van der Waals surface area contributed by atoms with Crippen LogP contribution < -0.4 is 0 Å². The minimum Gasteiger partial charge on any atom is -0.459 e. The molecule has 0 N–H and O–H groups in total. The van der Waals surface area contributed by atoms with Gasteiger partial charge in [-0.25, -0.2) is 4.79 Å². The van der Waals surface area contributed by atoms with Gasteiger partial charge in [0.2, 0.25) is 11.7 Å². The standard InChI is InChI=1S/C18H22N6O3/c1-11(2)8-15-19-16(27-22-15)10-24-21-17(20-23-24)13-6-5-7-14(9-13)18(25)26-12(3)4/h5-7,9,11-12H,8,10H2,1-4H3.